The minimum absolute atomic E-state index is 1.02. The Balaban J connectivity index is 2.44. The maximum absolute atomic E-state index is 4.29. The van der Waals surface area contributed by atoms with Crippen LogP contribution in [0.15, 0.2) is 36.8 Å². The summed E-state index contributed by atoms with van der Waals surface area (Å²) in [6.45, 7) is 4.09. The number of pyridine rings is 2. The Morgan fingerprint density at radius 1 is 1.06 bits per heavy atom. The summed E-state index contributed by atoms with van der Waals surface area (Å²) in [5, 5.41) is 0. The Hall–Kier alpha value is -1.90. The third-order valence-corrected chi connectivity index (χ3v) is 2.71. The summed E-state index contributed by atoms with van der Waals surface area (Å²) in [7, 11) is 2.04. The van der Waals surface area contributed by atoms with Gasteiger partial charge in [0.2, 0.25) is 0 Å². The van der Waals surface area contributed by atoms with E-state index in [2.05, 4.69) is 27.9 Å². The summed E-state index contributed by atoms with van der Waals surface area (Å²) in [4.78, 5) is 10.6. The maximum atomic E-state index is 4.29. The zero-order valence-electron chi connectivity index (χ0n) is 9.81. The van der Waals surface area contributed by atoms with Crippen LogP contribution in [0.25, 0.3) is 0 Å². The van der Waals surface area contributed by atoms with Crippen LogP contribution >= 0.6 is 0 Å². The van der Waals surface area contributed by atoms with Crippen molar-refractivity contribution in [3.8, 4) is 0 Å². The molecule has 0 saturated carbocycles. The molecule has 0 spiro atoms. The monoisotopic (exact) mass is 213 g/mol. The van der Waals surface area contributed by atoms with Crippen LogP contribution in [0.1, 0.15) is 11.3 Å². The first-order chi connectivity index (χ1) is 7.70. The zero-order chi connectivity index (χ0) is 11.5. The van der Waals surface area contributed by atoms with Gasteiger partial charge >= 0.3 is 0 Å². The molecule has 2 aromatic rings. The first kappa shape index (κ1) is 10.6. The third-order valence-electron chi connectivity index (χ3n) is 2.71. The number of hydrogen-bond acceptors (Lipinski definition) is 3. The Kier molecular flexibility index (Phi) is 2.86. The average Bonchev–Trinajstić information content (AvgIpc) is 2.29. The van der Waals surface area contributed by atoms with Crippen LogP contribution < -0.4 is 4.90 Å². The molecule has 82 valence electrons. The first-order valence-corrected chi connectivity index (χ1v) is 5.26. The van der Waals surface area contributed by atoms with Gasteiger partial charge in [0.25, 0.3) is 0 Å². The number of nitrogens with zero attached hydrogens (tertiary/aromatic N) is 3. The van der Waals surface area contributed by atoms with Crippen LogP contribution in [0.5, 0.6) is 0 Å². The second-order valence-corrected chi connectivity index (χ2v) is 3.83. The fourth-order valence-electron chi connectivity index (χ4n) is 1.77. The smallest absolute Gasteiger partial charge is 0.0624 e. The summed E-state index contributed by atoms with van der Waals surface area (Å²) in [6, 6.07) is 6.02. The largest absolute Gasteiger partial charge is 0.342 e. The van der Waals surface area contributed by atoms with E-state index in [-0.39, 0.29) is 0 Å². The van der Waals surface area contributed by atoms with Gasteiger partial charge in [-0.2, -0.15) is 0 Å². The van der Waals surface area contributed by atoms with Gasteiger partial charge in [0.1, 0.15) is 0 Å². The maximum Gasteiger partial charge on any atom is 0.0624 e. The van der Waals surface area contributed by atoms with Gasteiger partial charge in [0, 0.05) is 19.4 Å². The molecule has 2 heterocycles. The Labute approximate surface area is 95.8 Å². The number of rotatable bonds is 2. The van der Waals surface area contributed by atoms with E-state index < -0.39 is 0 Å². The number of anilines is 2. The highest BCUT2D eigenvalue weighted by atomic mass is 15.1. The highest BCUT2D eigenvalue weighted by molar-refractivity contribution is 5.65. The van der Waals surface area contributed by atoms with E-state index in [0.29, 0.717) is 0 Å². The van der Waals surface area contributed by atoms with Gasteiger partial charge in [-0.25, -0.2) is 0 Å². The molecule has 0 amide bonds. The molecule has 0 fully saturated rings. The normalized spacial score (nSPS) is 10.2. The van der Waals surface area contributed by atoms with Crippen LogP contribution in [-0.2, 0) is 0 Å². The minimum atomic E-state index is 1.02. The fraction of sp³-hybridized carbons (Fsp3) is 0.231. The van der Waals surface area contributed by atoms with Crippen LogP contribution in [0, 0.1) is 13.8 Å². The van der Waals surface area contributed by atoms with E-state index in [1.165, 1.54) is 5.56 Å². The quantitative estimate of drug-likeness (QED) is 0.768. The van der Waals surface area contributed by atoms with Crippen molar-refractivity contribution < 1.29 is 0 Å². The fourth-order valence-corrected chi connectivity index (χ4v) is 1.77. The van der Waals surface area contributed by atoms with Crippen molar-refractivity contribution in [3.63, 3.8) is 0 Å². The van der Waals surface area contributed by atoms with Gasteiger partial charge in [-0.05, 0) is 37.6 Å². The molecule has 0 saturated heterocycles. The molecule has 3 nitrogen and oxygen atoms in total. The van der Waals surface area contributed by atoms with Gasteiger partial charge in [-0.1, -0.05) is 0 Å². The van der Waals surface area contributed by atoms with Crippen LogP contribution in [0.2, 0.25) is 0 Å². The van der Waals surface area contributed by atoms with Gasteiger partial charge in [0.15, 0.2) is 0 Å². The first-order valence-electron chi connectivity index (χ1n) is 5.26. The summed E-state index contributed by atoms with van der Waals surface area (Å²) < 4.78 is 0. The number of aromatic nitrogens is 2. The molecule has 3 heteroatoms. The van der Waals surface area contributed by atoms with Crippen molar-refractivity contribution in [2.24, 2.45) is 0 Å². The van der Waals surface area contributed by atoms with E-state index in [1.54, 1.807) is 0 Å². The minimum Gasteiger partial charge on any atom is -0.342 e. The lowest BCUT2D eigenvalue weighted by atomic mass is 10.2. The van der Waals surface area contributed by atoms with E-state index in [4.69, 9.17) is 0 Å². The SMILES string of the molecule is Cc1ccncc1N(C)c1cccnc1C. The molecule has 0 aromatic carbocycles. The van der Waals surface area contributed by atoms with Gasteiger partial charge in [-0.3, -0.25) is 9.97 Å². The molecule has 0 radical (unpaired) electrons. The van der Waals surface area contributed by atoms with E-state index >= 15 is 0 Å². The number of hydrogen-bond donors (Lipinski definition) is 0. The molecular formula is C13H15N3. The lowest BCUT2D eigenvalue weighted by Gasteiger charge is -2.22. The summed E-state index contributed by atoms with van der Waals surface area (Å²) >= 11 is 0. The Bertz CT molecular complexity index is 449. The molecular weight excluding hydrogens is 198 g/mol. The molecule has 0 aliphatic rings. The van der Waals surface area contributed by atoms with Crippen molar-refractivity contribution in [3.05, 3.63) is 48.0 Å². The van der Waals surface area contributed by atoms with E-state index in [1.807, 2.05) is 44.7 Å². The van der Waals surface area contributed by atoms with Gasteiger partial charge < -0.3 is 4.90 Å². The molecule has 0 unspecified atom stereocenters. The van der Waals surface area contributed by atoms with Crippen molar-refractivity contribution in [2.75, 3.05) is 11.9 Å². The van der Waals surface area contributed by atoms with Crippen LogP contribution in [0.4, 0.5) is 11.4 Å². The highest BCUT2D eigenvalue weighted by Crippen LogP contribution is 2.26. The lowest BCUT2D eigenvalue weighted by molar-refractivity contribution is 1.09. The molecule has 2 rings (SSSR count). The molecule has 0 bridgehead atoms. The van der Waals surface area contributed by atoms with Crippen molar-refractivity contribution >= 4 is 11.4 Å². The van der Waals surface area contributed by atoms with Gasteiger partial charge in [-0.15, -0.1) is 0 Å². The zero-order valence-corrected chi connectivity index (χ0v) is 9.81. The number of aryl methyl sites for hydroxylation is 2. The van der Waals surface area contributed by atoms with Crippen LogP contribution in [-0.4, -0.2) is 17.0 Å². The van der Waals surface area contributed by atoms with E-state index in [0.717, 1.165) is 17.1 Å². The molecule has 0 atom stereocenters. The van der Waals surface area contributed by atoms with Crippen molar-refractivity contribution in [2.45, 2.75) is 13.8 Å². The highest BCUT2D eigenvalue weighted by Gasteiger charge is 2.09. The summed E-state index contributed by atoms with van der Waals surface area (Å²) in [5.41, 5.74) is 4.45. The second-order valence-electron chi connectivity index (χ2n) is 3.83. The standard InChI is InChI=1S/C13H15N3/c1-10-6-8-14-9-13(10)16(3)12-5-4-7-15-11(12)2/h4-9H,1-3H3. The predicted molar refractivity (Wildman–Crippen MR) is 66.0 cm³/mol. The van der Waals surface area contributed by atoms with Crippen LogP contribution in [0.3, 0.4) is 0 Å². The predicted octanol–water partition coefficient (Wildman–Crippen LogP) is 2.86. The molecule has 0 aliphatic carbocycles. The third kappa shape index (κ3) is 1.89. The van der Waals surface area contributed by atoms with Crippen molar-refractivity contribution in [1.82, 2.24) is 9.97 Å². The molecule has 0 N–H and O–H groups in total. The lowest BCUT2D eigenvalue weighted by Crippen LogP contribution is -2.12. The van der Waals surface area contributed by atoms with Crippen molar-refractivity contribution in [1.29, 1.82) is 0 Å². The summed E-state index contributed by atoms with van der Waals surface area (Å²) in [6.07, 6.45) is 5.49. The second kappa shape index (κ2) is 4.31. The molecule has 16 heavy (non-hydrogen) atoms. The molecule has 0 aliphatic heterocycles. The average molecular weight is 213 g/mol. The van der Waals surface area contributed by atoms with E-state index in [9.17, 15) is 0 Å². The molecule has 2 aromatic heterocycles. The summed E-state index contributed by atoms with van der Waals surface area (Å²) in [5.74, 6) is 0. The Morgan fingerprint density at radius 3 is 2.56 bits per heavy atom. The van der Waals surface area contributed by atoms with Gasteiger partial charge in [0.05, 0.1) is 23.3 Å². The topological polar surface area (TPSA) is 29.0 Å². The Morgan fingerprint density at radius 2 is 1.88 bits per heavy atom.